The lowest BCUT2D eigenvalue weighted by atomic mass is 10.0. The largest absolute Gasteiger partial charge is 0.463 e. The molecule has 4 rings (SSSR count). The summed E-state index contributed by atoms with van der Waals surface area (Å²) >= 11 is 0. The fraction of sp³-hybridized carbons (Fsp3) is 0. The van der Waals surface area contributed by atoms with Crippen molar-refractivity contribution in [3.05, 3.63) is 83.0 Å². The molecule has 0 aliphatic carbocycles. The zero-order valence-corrected chi connectivity index (χ0v) is 11.5. The molecule has 0 radical (unpaired) electrons. The fourth-order valence-corrected chi connectivity index (χ4v) is 2.72. The van der Waals surface area contributed by atoms with Gasteiger partial charge in [-0.3, -0.25) is 4.79 Å². The number of halogens is 1. The van der Waals surface area contributed by atoms with E-state index in [1.54, 1.807) is 18.2 Å². The van der Waals surface area contributed by atoms with E-state index in [0.29, 0.717) is 22.1 Å². The Morgan fingerprint density at radius 3 is 2.45 bits per heavy atom. The first kappa shape index (κ1) is 12.8. The van der Waals surface area contributed by atoms with Crippen LogP contribution in [0.1, 0.15) is 0 Å². The maximum Gasteiger partial charge on any atom is 0.201 e. The van der Waals surface area contributed by atoms with Crippen molar-refractivity contribution >= 4 is 21.7 Å². The zero-order chi connectivity index (χ0) is 15.1. The maximum absolute atomic E-state index is 13.1. The first-order valence-electron chi connectivity index (χ1n) is 6.93. The highest BCUT2D eigenvalue weighted by Gasteiger charge is 2.11. The third-order valence-electron chi connectivity index (χ3n) is 3.82. The Kier molecular flexibility index (Phi) is 2.79. The number of hydrogen-bond donors (Lipinski definition) is 0. The molecule has 1 heterocycles. The number of rotatable bonds is 1. The monoisotopic (exact) mass is 290 g/mol. The molecular weight excluding hydrogens is 279 g/mol. The van der Waals surface area contributed by atoms with Crippen LogP contribution in [0.3, 0.4) is 0 Å². The predicted molar refractivity (Wildman–Crippen MR) is 85.4 cm³/mol. The molecule has 3 aromatic carbocycles. The van der Waals surface area contributed by atoms with Crippen molar-refractivity contribution in [1.29, 1.82) is 0 Å². The van der Waals surface area contributed by atoms with Gasteiger partial charge in [-0.05, 0) is 34.5 Å². The van der Waals surface area contributed by atoms with E-state index < -0.39 is 0 Å². The third-order valence-corrected chi connectivity index (χ3v) is 3.82. The van der Waals surface area contributed by atoms with Gasteiger partial charge in [0, 0.05) is 0 Å². The fourth-order valence-electron chi connectivity index (χ4n) is 2.72. The molecular formula is C19H11FO2. The van der Waals surface area contributed by atoms with Gasteiger partial charge in [-0.2, -0.15) is 0 Å². The maximum atomic E-state index is 13.1. The van der Waals surface area contributed by atoms with E-state index in [0.717, 1.165) is 10.8 Å². The van der Waals surface area contributed by atoms with Crippen LogP contribution in [-0.2, 0) is 0 Å². The summed E-state index contributed by atoms with van der Waals surface area (Å²) in [4.78, 5) is 12.9. The molecule has 4 aromatic rings. The second kappa shape index (κ2) is 4.81. The van der Waals surface area contributed by atoms with Crippen LogP contribution < -0.4 is 5.43 Å². The van der Waals surface area contributed by atoms with Crippen molar-refractivity contribution in [2.75, 3.05) is 0 Å². The van der Waals surface area contributed by atoms with Crippen molar-refractivity contribution in [3.8, 4) is 11.1 Å². The highest BCUT2D eigenvalue weighted by atomic mass is 19.1. The van der Waals surface area contributed by atoms with Gasteiger partial charge in [-0.1, -0.05) is 42.5 Å². The molecule has 0 atom stereocenters. The van der Waals surface area contributed by atoms with Crippen LogP contribution in [0.2, 0.25) is 0 Å². The van der Waals surface area contributed by atoms with Gasteiger partial charge >= 0.3 is 0 Å². The molecule has 0 bridgehead atoms. The van der Waals surface area contributed by atoms with Crippen molar-refractivity contribution < 1.29 is 8.81 Å². The standard InChI is InChI=1S/C19H11FO2/c20-14-8-5-13(6-9-14)16-11-22-17-10-7-12-3-1-2-4-15(12)18(17)19(16)21/h1-11H. The number of fused-ring (bicyclic) bond motifs is 3. The van der Waals surface area contributed by atoms with Gasteiger partial charge in [-0.25, -0.2) is 4.39 Å². The average molecular weight is 290 g/mol. The second-order valence-electron chi connectivity index (χ2n) is 5.15. The Morgan fingerprint density at radius 2 is 1.64 bits per heavy atom. The first-order chi connectivity index (χ1) is 10.7. The topological polar surface area (TPSA) is 30.2 Å². The zero-order valence-electron chi connectivity index (χ0n) is 11.5. The van der Waals surface area contributed by atoms with Crippen molar-refractivity contribution in [3.63, 3.8) is 0 Å². The van der Waals surface area contributed by atoms with Crippen LogP contribution in [0, 0.1) is 5.82 Å². The summed E-state index contributed by atoms with van der Waals surface area (Å²) in [7, 11) is 0. The minimum atomic E-state index is -0.334. The quantitative estimate of drug-likeness (QED) is 0.473. The summed E-state index contributed by atoms with van der Waals surface area (Å²) in [5, 5.41) is 2.40. The average Bonchev–Trinajstić information content (AvgIpc) is 2.56. The molecule has 0 amide bonds. The summed E-state index contributed by atoms with van der Waals surface area (Å²) < 4.78 is 18.7. The third kappa shape index (κ3) is 1.91. The number of hydrogen-bond acceptors (Lipinski definition) is 2. The number of benzene rings is 3. The minimum Gasteiger partial charge on any atom is -0.463 e. The van der Waals surface area contributed by atoms with E-state index in [1.165, 1.54) is 18.4 Å². The highest BCUT2D eigenvalue weighted by Crippen LogP contribution is 2.26. The van der Waals surface area contributed by atoms with E-state index in [9.17, 15) is 9.18 Å². The van der Waals surface area contributed by atoms with Crippen LogP contribution in [0.5, 0.6) is 0 Å². The van der Waals surface area contributed by atoms with Crippen LogP contribution >= 0.6 is 0 Å². The van der Waals surface area contributed by atoms with E-state index >= 15 is 0 Å². The smallest absolute Gasteiger partial charge is 0.201 e. The highest BCUT2D eigenvalue weighted by molar-refractivity contribution is 6.06. The molecule has 0 unspecified atom stereocenters. The van der Waals surface area contributed by atoms with Crippen LogP contribution in [0.25, 0.3) is 32.9 Å². The van der Waals surface area contributed by atoms with Gasteiger partial charge in [-0.15, -0.1) is 0 Å². The summed E-state index contributed by atoms with van der Waals surface area (Å²) in [6, 6.07) is 17.3. The first-order valence-corrected chi connectivity index (χ1v) is 6.93. The summed E-state index contributed by atoms with van der Waals surface area (Å²) in [5.74, 6) is -0.334. The lowest BCUT2D eigenvalue weighted by Gasteiger charge is -2.05. The SMILES string of the molecule is O=c1c(-c2ccc(F)cc2)coc2ccc3ccccc3c12. The van der Waals surface area contributed by atoms with Crippen LogP contribution in [0.15, 0.2) is 76.1 Å². The van der Waals surface area contributed by atoms with Gasteiger partial charge in [0.2, 0.25) is 5.43 Å². The lowest BCUT2D eigenvalue weighted by molar-refractivity contribution is 0.605. The van der Waals surface area contributed by atoms with Gasteiger partial charge in [0.05, 0.1) is 10.9 Å². The van der Waals surface area contributed by atoms with Gasteiger partial charge in [0.25, 0.3) is 0 Å². The molecule has 22 heavy (non-hydrogen) atoms. The van der Waals surface area contributed by atoms with E-state index in [1.807, 2.05) is 30.3 Å². The van der Waals surface area contributed by atoms with Crippen LogP contribution in [0.4, 0.5) is 4.39 Å². The van der Waals surface area contributed by atoms with E-state index in [2.05, 4.69) is 0 Å². The van der Waals surface area contributed by atoms with Gasteiger partial charge in [0.15, 0.2) is 0 Å². The molecule has 0 N–H and O–H groups in total. The Balaban J connectivity index is 2.10. The minimum absolute atomic E-state index is 0.107. The van der Waals surface area contributed by atoms with Crippen molar-refractivity contribution in [2.24, 2.45) is 0 Å². The molecule has 0 saturated heterocycles. The summed E-state index contributed by atoms with van der Waals surface area (Å²) in [5.41, 5.74) is 1.52. The Morgan fingerprint density at radius 1 is 0.864 bits per heavy atom. The molecule has 0 aliphatic heterocycles. The van der Waals surface area contributed by atoms with E-state index in [4.69, 9.17) is 4.42 Å². The van der Waals surface area contributed by atoms with E-state index in [-0.39, 0.29) is 11.2 Å². The normalized spacial score (nSPS) is 11.1. The van der Waals surface area contributed by atoms with Gasteiger partial charge < -0.3 is 4.42 Å². The second-order valence-corrected chi connectivity index (χ2v) is 5.15. The summed E-state index contributed by atoms with van der Waals surface area (Å²) in [6.07, 6.45) is 1.44. The molecule has 0 aliphatic rings. The Bertz CT molecular complexity index is 1050. The molecule has 0 fully saturated rings. The van der Waals surface area contributed by atoms with Crippen molar-refractivity contribution in [2.45, 2.75) is 0 Å². The molecule has 1 aromatic heterocycles. The van der Waals surface area contributed by atoms with Gasteiger partial charge in [0.1, 0.15) is 17.7 Å². The lowest BCUT2D eigenvalue weighted by Crippen LogP contribution is -2.05. The Labute approximate surface area is 125 Å². The Hall–Kier alpha value is -2.94. The molecule has 106 valence electrons. The summed E-state index contributed by atoms with van der Waals surface area (Å²) in [6.45, 7) is 0. The van der Waals surface area contributed by atoms with Crippen molar-refractivity contribution in [1.82, 2.24) is 0 Å². The molecule has 2 nitrogen and oxygen atoms in total. The molecule has 0 saturated carbocycles. The molecule has 3 heteroatoms. The predicted octanol–water partition coefficient (Wildman–Crippen LogP) is 4.75. The van der Waals surface area contributed by atoms with Crippen LogP contribution in [-0.4, -0.2) is 0 Å². The molecule has 0 spiro atoms.